The van der Waals surface area contributed by atoms with Gasteiger partial charge in [-0.3, -0.25) is 8.98 Å². The third-order valence-corrected chi connectivity index (χ3v) is 7.48. The van der Waals surface area contributed by atoms with Crippen LogP contribution in [0.4, 0.5) is 4.79 Å². The van der Waals surface area contributed by atoms with Crippen LogP contribution < -0.4 is 10.1 Å². The van der Waals surface area contributed by atoms with Crippen LogP contribution in [0.25, 0.3) is 0 Å². The molecule has 0 radical (unpaired) electrons. The molecule has 2 aromatic carbocycles. The van der Waals surface area contributed by atoms with Gasteiger partial charge in [0.15, 0.2) is 0 Å². The van der Waals surface area contributed by atoms with E-state index in [4.69, 9.17) is 23.1 Å². The zero-order valence-electron chi connectivity index (χ0n) is 29.3. The molecule has 12 heteroatoms. The van der Waals surface area contributed by atoms with Crippen LogP contribution in [0.1, 0.15) is 86.3 Å². The summed E-state index contributed by atoms with van der Waals surface area (Å²) in [5, 5.41) is 2.58. The molecule has 1 amide bonds. The number of benzene rings is 2. The first-order valence-electron chi connectivity index (χ1n) is 15.7. The van der Waals surface area contributed by atoms with Gasteiger partial charge in [-0.25, -0.2) is 9.59 Å². The largest absolute Gasteiger partial charge is 0.494 e. The molecule has 0 saturated carbocycles. The van der Waals surface area contributed by atoms with E-state index < -0.39 is 56.9 Å². The first-order valence-corrected chi connectivity index (χ1v) is 17.1. The van der Waals surface area contributed by atoms with Crippen LogP contribution >= 0.6 is 0 Å². The zero-order chi connectivity index (χ0) is 35.6. The van der Waals surface area contributed by atoms with E-state index in [1.54, 1.807) is 98.7 Å². The Bertz CT molecular complexity index is 1430. The highest BCUT2D eigenvalue weighted by Gasteiger charge is 2.35. The summed E-state index contributed by atoms with van der Waals surface area (Å²) in [4.78, 5) is 39.3. The molecule has 0 spiro atoms. The maximum Gasteiger partial charge on any atom is 0.408 e. The highest BCUT2D eigenvalue weighted by atomic mass is 32.2. The molecule has 0 bridgehead atoms. The second kappa shape index (κ2) is 16.5. The maximum atomic E-state index is 13.4. The lowest BCUT2D eigenvalue weighted by molar-refractivity contribution is -0.162. The van der Waals surface area contributed by atoms with Crippen molar-refractivity contribution in [3.05, 3.63) is 59.7 Å². The van der Waals surface area contributed by atoms with Gasteiger partial charge in [0.1, 0.15) is 28.6 Å². The van der Waals surface area contributed by atoms with Crippen molar-refractivity contribution in [3.8, 4) is 5.75 Å². The fourth-order valence-electron chi connectivity index (χ4n) is 4.17. The number of ether oxygens (including phenoxy) is 4. The molecule has 0 aromatic heterocycles. The van der Waals surface area contributed by atoms with Crippen LogP contribution in [0.15, 0.2) is 53.4 Å². The molecule has 0 heterocycles. The Balaban J connectivity index is 2.10. The molecule has 2 aromatic rings. The second-order valence-electron chi connectivity index (χ2n) is 14.3. The molecular formula is C35H51NO10S. The smallest absolute Gasteiger partial charge is 0.408 e. The Morgan fingerprint density at radius 1 is 0.723 bits per heavy atom. The van der Waals surface area contributed by atoms with E-state index in [1.807, 2.05) is 6.92 Å². The van der Waals surface area contributed by atoms with Crippen molar-refractivity contribution in [2.45, 2.75) is 116 Å². The minimum atomic E-state index is -3.85. The van der Waals surface area contributed by atoms with Crippen molar-refractivity contribution in [2.75, 3.05) is 13.2 Å². The highest BCUT2D eigenvalue weighted by molar-refractivity contribution is 7.86. The number of carbonyl (C=O) groups is 3. The summed E-state index contributed by atoms with van der Waals surface area (Å²) in [6, 6.07) is 12.3. The summed E-state index contributed by atoms with van der Waals surface area (Å²) in [5.41, 5.74) is -0.701. The molecule has 0 fully saturated rings. The van der Waals surface area contributed by atoms with Gasteiger partial charge < -0.3 is 24.3 Å². The average Bonchev–Trinajstić information content (AvgIpc) is 2.90. The van der Waals surface area contributed by atoms with Crippen LogP contribution in [0.5, 0.6) is 5.75 Å². The van der Waals surface area contributed by atoms with Crippen molar-refractivity contribution in [1.29, 1.82) is 0 Å². The van der Waals surface area contributed by atoms with Gasteiger partial charge in [0.2, 0.25) is 0 Å². The van der Waals surface area contributed by atoms with Crippen LogP contribution in [0.3, 0.4) is 0 Å². The number of esters is 2. The maximum absolute atomic E-state index is 13.4. The number of hydrogen-bond acceptors (Lipinski definition) is 10. The standard InChI is InChI=1S/C35H51NO10S/c1-24-12-18-28(19-13-24)47(40,41)43-21-11-20-42-27-16-14-25(15-17-27)22-26(30(37)44-33(2,3)4)23-29(31(38)45-34(5,6)7)36-32(39)46-35(8,9)10/h12-19,26,29H,11,20-23H2,1-10H3,(H,36,39)/t26?,29-/m0/s1. The number of carbonyl (C=O) groups excluding carboxylic acids is 3. The predicted octanol–water partition coefficient (Wildman–Crippen LogP) is 6.29. The molecule has 11 nitrogen and oxygen atoms in total. The van der Waals surface area contributed by atoms with E-state index in [-0.39, 0.29) is 31.0 Å². The first kappa shape index (κ1) is 39.5. The third-order valence-electron chi connectivity index (χ3n) is 6.15. The number of hydrogen-bond donors (Lipinski definition) is 1. The monoisotopic (exact) mass is 677 g/mol. The van der Waals surface area contributed by atoms with Crippen molar-refractivity contribution in [1.82, 2.24) is 5.32 Å². The van der Waals surface area contributed by atoms with E-state index in [0.717, 1.165) is 11.1 Å². The molecule has 2 atom stereocenters. The van der Waals surface area contributed by atoms with Gasteiger partial charge in [0.25, 0.3) is 10.1 Å². The van der Waals surface area contributed by atoms with Crippen molar-refractivity contribution >= 4 is 28.1 Å². The van der Waals surface area contributed by atoms with Gasteiger partial charge >= 0.3 is 18.0 Å². The average molecular weight is 678 g/mol. The summed E-state index contributed by atoms with van der Waals surface area (Å²) < 4.78 is 52.2. The minimum absolute atomic E-state index is 0.0397. The van der Waals surface area contributed by atoms with Gasteiger partial charge in [0.05, 0.1) is 24.0 Å². The summed E-state index contributed by atoms with van der Waals surface area (Å²) in [7, 11) is -3.85. The molecule has 0 aliphatic rings. The van der Waals surface area contributed by atoms with Crippen molar-refractivity contribution in [2.24, 2.45) is 5.92 Å². The lowest BCUT2D eigenvalue weighted by Crippen LogP contribution is -2.48. The van der Waals surface area contributed by atoms with Crippen LogP contribution in [-0.2, 0) is 44.5 Å². The van der Waals surface area contributed by atoms with Crippen LogP contribution in [0, 0.1) is 12.8 Å². The summed E-state index contributed by atoms with van der Waals surface area (Å²) >= 11 is 0. The SMILES string of the molecule is Cc1ccc(S(=O)(=O)OCCCOc2ccc(CC(C[C@H](NC(=O)OC(C)(C)C)C(=O)OC(C)(C)C)C(=O)OC(C)(C)C)cc2)cc1. The number of amides is 1. The molecule has 262 valence electrons. The highest BCUT2D eigenvalue weighted by Crippen LogP contribution is 2.24. The van der Waals surface area contributed by atoms with E-state index in [9.17, 15) is 22.8 Å². The topological polar surface area (TPSA) is 144 Å². The van der Waals surface area contributed by atoms with E-state index in [2.05, 4.69) is 5.32 Å². The lowest BCUT2D eigenvalue weighted by atomic mass is 9.92. The predicted molar refractivity (Wildman–Crippen MR) is 178 cm³/mol. The van der Waals surface area contributed by atoms with Crippen molar-refractivity contribution in [3.63, 3.8) is 0 Å². The second-order valence-corrected chi connectivity index (χ2v) is 16.0. The normalized spacial score (nSPS) is 13.7. The number of nitrogens with one attached hydrogen (secondary N) is 1. The Kier molecular flexibility index (Phi) is 13.8. The van der Waals surface area contributed by atoms with Gasteiger partial charge in [-0.1, -0.05) is 29.8 Å². The van der Waals surface area contributed by atoms with Crippen molar-refractivity contribution < 1.29 is 45.9 Å². The first-order chi connectivity index (χ1) is 21.5. The van der Waals surface area contributed by atoms with Gasteiger partial charge in [-0.15, -0.1) is 0 Å². The van der Waals surface area contributed by atoms with Crippen LogP contribution in [0.2, 0.25) is 0 Å². The minimum Gasteiger partial charge on any atom is -0.494 e. The number of alkyl carbamates (subject to hydrolysis) is 1. The Morgan fingerprint density at radius 2 is 1.26 bits per heavy atom. The zero-order valence-corrected chi connectivity index (χ0v) is 30.1. The number of aryl methyl sites for hydroxylation is 1. The summed E-state index contributed by atoms with van der Waals surface area (Å²) in [6.45, 7) is 17.6. The van der Waals surface area contributed by atoms with Gasteiger partial charge in [0, 0.05) is 6.42 Å². The lowest BCUT2D eigenvalue weighted by Gasteiger charge is -2.29. The molecular weight excluding hydrogens is 626 g/mol. The third kappa shape index (κ3) is 15.7. The van der Waals surface area contributed by atoms with Crippen LogP contribution in [-0.4, -0.2) is 62.5 Å². The Labute approximate surface area is 279 Å². The number of rotatable bonds is 14. The fourth-order valence-corrected chi connectivity index (χ4v) is 5.11. The molecule has 1 unspecified atom stereocenters. The molecule has 2 rings (SSSR count). The Hall–Kier alpha value is -3.64. The molecule has 0 aliphatic carbocycles. The van der Waals surface area contributed by atoms with E-state index >= 15 is 0 Å². The molecule has 47 heavy (non-hydrogen) atoms. The van der Waals surface area contributed by atoms with E-state index in [1.165, 1.54) is 12.1 Å². The summed E-state index contributed by atoms with van der Waals surface area (Å²) in [5.74, 6) is -1.50. The van der Waals surface area contributed by atoms with Gasteiger partial charge in [-0.05, 0) is 112 Å². The van der Waals surface area contributed by atoms with Gasteiger partial charge in [-0.2, -0.15) is 8.42 Å². The molecule has 1 N–H and O–H groups in total. The fraction of sp³-hybridized carbons (Fsp3) is 0.571. The summed E-state index contributed by atoms with van der Waals surface area (Å²) in [6.07, 6.45) is -0.359. The Morgan fingerprint density at radius 3 is 1.79 bits per heavy atom. The quantitative estimate of drug-likeness (QED) is 0.105. The molecule has 0 saturated heterocycles. The molecule has 0 aliphatic heterocycles. The van der Waals surface area contributed by atoms with E-state index in [0.29, 0.717) is 12.2 Å².